The van der Waals surface area contributed by atoms with Crippen LogP contribution < -0.4 is 5.73 Å². The van der Waals surface area contributed by atoms with Gasteiger partial charge in [0.2, 0.25) is 5.91 Å². The predicted octanol–water partition coefficient (Wildman–Crippen LogP) is 1.07. The summed E-state index contributed by atoms with van der Waals surface area (Å²) in [5, 5.41) is 2.04. The van der Waals surface area contributed by atoms with Gasteiger partial charge in [-0.25, -0.2) is 0 Å². The average molecular weight is 226 g/mol. The summed E-state index contributed by atoms with van der Waals surface area (Å²) in [5.74, 6) is -0.371. The van der Waals surface area contributed by atoms with Crippen molar-refractivity contribution in [2.75, 3.05) is 0 Å². The van der Waals surface area contributed by atoms with Crippen LogP contribution in [0.15, 0.2) is 36.9 Å². The second-order valence-corrected chi connectivity index (χ2v) is 3.84. The van der Waals surface area contributed by atoms with Gasteiger partial charge in [-0.15, -0.1) is 0 Å². The number of aromatic nitrogens is 3. The fourth-order valence-corrected chi connectivity index (χ4v) is 2.11. The molecule has 0 aromatic carbocycles. The summed E-state index contributed by atoms with van der Waals surface area (Å²) in [6.45, 7) is 0.149. The summed E-state index contributed by atoms with van der Waals surface area (Å²) in [6, 6.07) is 3.79. The lowest BCUT2D eigenvalue weighted by Crippen LogP contribution is -2.18. The molecule has 0 aliphatic heterocycles. The molecule has 5 heteroatoms. The molecule has 3 rings (SSSR count). The second kappa shape index (κ2) is 3.55. The zero-order chi connectivity index (χ0) is 11.8. The Labute approximate surface area is 96.9 Å². The number of hydrogen-bond acceptors (Lipinski definition) is 3. The number of carbonyl (C=O) groups is 1. The van der Waals surface area contributed by atoms with Crippen LogP contribution in [0.4, 0.5) is 0 Å². The van der Waals surface area contributed by atoms with Gasteiger partial charge in [0.25, 0.3) is 0 Å². The maximum absolute atomic E-state index is 11.1. The molecule has 5 nitrogen and oxygen atoms in total. The van der Waals surface area contributed by atoms with E-state index in [1.54, 1.807) is 24.8 Å². The van der Waals surface area contributed by atoms with Gasteiger partial charge in [0.15, 0.2) is 0 Å². The lowest BCUT2D eigenvalue weighted by Gasteiger charge is -2.02. The molecule has 2 N–H and O–H groups in total. The molecule has 1 amide bonds. The van der Waals surface area contributed by atoms with E-state index < -0.39 is 0 Å². The molecule has 0 aliphatic carbocycles. The molecule has 84 valence electrons. The first kappa shape index (κ1) is 9.77. The standard InChI is InChI=1S/C12H10N4O/c13-12(17)7-16-10-2-4-14-5-9(10)8-1-3-15-6-11(8)16/h1-6H,7H2,(H2,13,17). The normalized spacial score (nSPS) is 11.1. The molecule has 0 saturated carbocycles. The number of pyridine rings is 2. The molecule has 3 aromatic heterocycles. The number of nitrogens with two attached hydrogens (primary N) is 1. The molecule has 0 unspecified atom stereocenters. The minimum atomic E-state index is -0.371. The van der Waals surface area contributed by atoms with Crippen LogP contribution in [-0.4, -0.2) is 20.4 Å². The highest BCUT2D eigenvalue weighted by Gasteiger charge is 2.11. The van der Waals surface area contributed by atoms with E-state index in [2.05, 4.69) is 9.97 Å². The van der Waals surface area contributed by atoms with E-state index in [9.17, 15) is 4.79 Å². The Morgan fingerprint density at radius 2 is 1.88 bits per heavy atom. The predicted molar refractivity (Wildman–Crippen MR) is 64.2 cm³/mol. The molecular formula is C12H10N4O. The number of hydrogen-bond donors (Lipinski definition) is 1. The molecular weight excluding hydrogens is 216 g/mol. The maximum Gasteiger partial charge on any atom is 0.237 e. The third kappa shape index (κ3) is 1.44. The van der Waals surface area contributed by atoms with Crippen LogP contribution in [0, 0.1) is 0 Å². The van der Waals surface area contributed by atoms with Gasteiger partial charge in [0.1, 0.15) is 6.54 Å². The van der Waals surface area contributed by atoms with E-state index >= 15 is 0 Å². The number of amides is 1. The van der Waals surface area contributed by atoms with Crippen LogP contribution >= 0.6 is 0 Å². The van der Waals surface area contributed by atoms with Gasteiger partial charge in [-0.1, -0.05) is 0 Å². The van der Waals surface area contributed by atoms with Crippen molar-refractivity contribution < 1.29 is 4.79 Å². The van der Waals surface area contributed by atoms with Gasteiger partial charge in [0, 0.05) is 29.4 Å². The van der Waals surface area contributed by atoms with Crippen LogP contribution in [0.1, 0.15) is 0 Å². The Bertz CT molecular complexity index is 663. The highest BCUT2D eigenvalue weighted by Crippen LogP contribution is 2.26. The minimum absolute atomic E-state index is 0.149. The van der Waals surface area contributed by atoms with E-state index in [4.69, 9.17) is 5.73 Å². The monoisotopic (exact) mass is 226 g/mol. The number of fused-ring (bicyclic) bond motifs is 3. The van der Waals surface area contributed by atoms with Gasteiger partial charge >= 0.3 is 0 Å². The van der Waals surface area contributed by atoms with Crippen LogP contribution in [-0.2, 0) is 11.3 Å². The van der Waals surface area contributed by atoms with Gasteiger partial charge in [-0.3, -0.25) is 14.8 Å². The van der Waals surface area contributed by atoms with E-state index in [1.807, 2.05) is 16.7 Å². The SMILES string of the molecule is NC(=O)Cn1c2ccncc2c2ccncc21. The summed E-state index contributed by atoms with van der Waals surface area (Å²) in [6.07, 6.45) is 6.95. The van der Waals surface area contributed by atoms with Gasteiger partial charge in [-0.05, 0) is 12.1 Å². The number of rotatable bonds is 2. The zero-order valence-electron chi connectivity index (χ0n) is 9.00. The third-order valence-corrected chi connectivity index (χ3v) is 2.78. The molecule has 0 saturated heterocycles. The third-order valence-electron chi connectivity index (χ3n) is 2.78. The van der Waals surface area contributed by atoms with E-state index in [0.717, 1.165) is 21.8 Å². The average Bonchev–Trinajstić information content (AvgIpc) is 2.65. The Hall–Kier alpha value is -2.43. The summed E-state index contributed by atoms with van der Waals surface area (Å²) in [7, 11) is 0. The van der Waals surface area contributed by atoms with Crippen molar-refractivity contribution in [1.29, 1.82) is 0 Å². The highest BCUT2D eigenvalue weighted by molar-refractivity contribution is 6.07. The first-order chi connectivity index (χ1) is 8.27. The van der Waals surface area contributed by atoms with Gasteiger partial charge in [-0.2, -0.15) is 0 Å². The summed E-state index contributed by atoms with van der Waals surface area (Å²) in [4.78, 5) is 19.3. The topological polar surface area (TPSA) is 73.8 Å². The van der Waals surface area contributed by atoms with Gasteiger partial charge in [0.05, 0.1) is 17.2 Å². The van der Waals surface area contributed by atoms with Crippen molar-refractivity contribution in [2.45, 2.75) is 6.54 Å². The lowest BCUT2D eigenvalue weighted by molar-refractivity contribution is -0.118. The zero-order valence-corrected chi connectivity index (χ0v) is 9.00. The Morgan fingerprint density at radius 3 is 2.71 bits per heavy atom. The van der Waals surface area contributed by atoms with Crippen molar-refractivity contribution in [1.82, 2.24) is 14.5 Å². The molecule has 0 atom stereocenters. The quantitative estimate of drug-likeness (QED) is 0.710. The van der Waals surface area contributed by atoms with Crippen LogP contribution in [0.25, 0.3) is 21.8 Å². The summed E-state index contributed by atoms with van der Waals surface area (Å²) < 4.78 is 1.86. The maximum atomic E-state index is 11.1. The molecule has 0 fully saturated rings. The molecule has 17 heavy (non-hydrogen) atoms. The fraction of sp³-hybridized carbons (Fsp3) is 0.0833. The Balaban J connectivity index is 2.45. The van der Waals surface area contributed by atoms with Crippen molar-refractivity contribution >= 4 is 27.7 Å². The fourth-order valence-electron chi connectivity index (χ4n) is 2.11. The molecule has 0 aliphatic rings. The highest BCUT2D eigenvalue weighted by atomic mass is 16.1. The molecule has 0 bridgehead atoms. The number of nitrogens with zero attached hydrogens (tertiary/aromatic N) is 3. The second-order valence-electron chi connectivity index (χ2n) is 3.84. The van der Waals surface area contributed by atoms with E-state index in [-0.39, 0.29) is 12.5 Å². The van der Waals surface area contributed by atoms with Crippen LogP contribution in [0.5, 0.6) is 0 Å². The van der Waals surface area contributed by atoms with Crippen LogP contribution in [0.3, 0.4) is 0 Å². The minimum Gasteiger partial charge on any atom is -0.368 e. The molecule has 0 radical (unpaired) electrons. The Kier molecular flexibility index (Phi) is 2.04. The van der Waals surface area contributed by atoms with Crippen molar-refractivity contribution in [3.63, 3.8) is 0 Å². The van der Waals surface area contributed by atoms with Crippen molar-refractivity contribution in [3.8, 4) is 0 Å². The lowest BCUT2D eigenvalue weighted by atomic mass is 10.2. The smallest absolute Gasteiger partial charge is 0.237 e. The summed E-state index contributed by atoms with van der Waals surface area (Å²) >= 11 is 0. The van der Waals surface area contributed by atoms with Crippen molar-refractivity contribution in [3.05, 3.63) is 36.9 Å². The van der Waals surface area contributed by atoms with E-state index in [0.29, 0.717) is 0 Å². The van der Waals surface area contributed by atoms with Crippen molar-refractivity contribution in [2.24, 2.45) is 5.73 Å². The largest absolute Gasteiger partial charge is 0.368 e. The molecule has 3 aromatic rings. The van der Waals surface area contributed by atoms with Crippen LogP contribution in [0.2, 0.25) is 0 Å². The first-order valence-electron chi connectivity index (χ1n) is 5.21. The first-order valence-corrected chi connectivity index (χ1v) is 5.21. The molecule has 3 heterocycles. The van der Waals surface area contributed by atoms with Gasteiger partial charge < -0.3 is 10.3 Å². The molecule has 0 spiro atoms. The number of carbonyl (C=O) groups excluding carboxylic acids is 1. The Morgan fingerprint density at radius 1 is 1.12 bits per heavy atom. The van der Waals surface area contributed by atoms with E-state index in [1.165, 1.54) is 0 Å². The number of primary amides is 1. The summed E-state index contributed by atoms with van der Waals surface area (Å²) in [5.41, 5.74) is 7.11.